The Morgan fingerprint density at radius 3 is 2.77 bits per heavy atom. The Bertz CT molecular complexity index is 658. The quantitative estimate of drug-likeness (QED) is 0.868. The Morgan fingerprint density at radius 2 is 2.00 bits per heavy atom. The molecule has 114 valence electrons. The summed E-state index contributed by atoms with van der Waals surface area (Å²) in [6, 6.07) is 12.5. The van der Waals surface area contributed by atoms with Gasteiger partial charge < -0.3 is 9.80 Å². The second-order valence-corrected chi connectivity index (χ2v) is 6.57. The number of carbonyl (C=O) groups is 1. The first-order valence-electron chi connectivity index (χ1n) is 7.30. The summed E-state index contributed by atoms with van der Waals surface area (Å²) in [6.45, 7) is 4.38. The summed E-state index contributed by atoms with van der Waals surface area (Å²) >= 11 is 1.74. The molecule has 22 heavy (non-hydrogen) atoms. The van der Waals surface area contributed by atoms with Gasteiger partial charge in [0.05, 0.1) is 10.6 Å². The molecule has 0 bridgehead atoms. The van der Waals surface area contributed by atoms with Crippen molar-refractivity contribution in [3.05, 3.63) is 42.6 Å². The Kier molecular flexibility index (Phi) is 4.07. The molecule has 5 heteroatoms. The number of para-hydroxylation sites is 1. The van der Waals surface area contributed by atoms with Crippen LogP contribution in [0.1, 0.15) is 13.8 Å². The van der Waals surface area contributed by atoms with Gasteiger partial charge in [-0.2, -0.15) is 0 Å². The van der Waals surface area contributed by atoms with E-state index in [0.29, 0.717) is 0 Å². The van der Waals surface area contributed by atoms with Crippen molar-refractivity contribution in [3.63, 3.8) is 0 Å². The Balaban J connectivity index is 1.98. The number of pyridine rings is 1. The van der Waals surface area contributed by atoms with Crippen LogP contribution >= 0.6 is 11.8 Å². The van der Waals surface area contributed by atoms with Gasteiger partial charge in [-0.15, -0.1) is 0 Å². The number of fused-ring (bicyclic) bond motifs is 2. The van der Waals surface area contributed by atoms with Gasteiger partial charge in [-0.05, 0) is 31.2 Å². The van der Waals surface area contributed by atoms with Gasteiger partial charge in [0, 0.05) is 37.7 Å². The number of likely N-dealkylation sites (N-methyl/N-ethyl adjacent to an activating group) is 1. The fourth-order valence-electron chi connectivity index (χ4n) is 2.55. The molecular formula is C17H19N3OS. The number of hydrogen-bond donors (Lipinski definition) is 0. The van der Waals surface area contributed by atoms with E-state index in [1.54, 1.807) is 23.6 Å². The first kappa shape index (κ1) is 14.9. The Labute approximate surface area is 135 Å². The Morgan fingerprint density at radius 1 is 1.27 bits per heavy atom. The van der Waals surface area contributed by atoms with Crippen molar-refractivity contribution in [2.45, 2.75) is 29.7 Å². The van der Waals surface area contributed by atoms with Crippen LogP contribution in [0.25, 0.3) is 0 Å². The van der Waals surface area contributed by atoms with Crippen LogP contribution in [0, 0.1) is 0 Å². The third-order valence-electron chi connectivity index (χ3n) is 3.99. The van der Waals surface area contributed by atoms with E-state index in [1.807, 2.05) is 25.4 Å². The third kappa shape index (κ3) is 2.68. The van der Waals surface area contributed by atoms with E-state index < -0.39 is 0 Å². The van der Waals surface area contributed by atoms with Crippen molar-refractivity contribution in [3.8, 4) is 0 Å². The summed E-state index contributed by atoms with van der Waals surface area (Å²) in [5, 5.41) is 0. The SMILES string of the molecule is CC(=O)N(C)C(C)CN1c2ccccc2Sc2cccnc21. The predicted octanol–water partition coefficient (Wildman–Crippen LogP) is 3.55. The summed E-state index contributed by atoms with van der Waals surface area (Å²) in [5.74, 6) is 1.04. The monoisotopic (exact) mass is 313 g/mol. The van der Waals surface area contributed by atoms with Gasteiger partial charge in [0.15, 0.2) is 0 Å². The van der Waals surface area contributed by atoms with Gasteiger partial charge in [-0.3, -0.25) is 4.79 Å². The molecule has 0 aliphatic carbocycles. The summed E-state index contributed by atoms with van der Waals surface area (Å²) < 4.78 is 0. The van der Waals surface area contributed by atoms with E-state index >= 15 is 0 Å². The van der Waals surface area contributed by atoms with Crippen LogP contribution in [0.3, 0.4) is 0 Å². The first-order valence-corrected chi connectivity index (χ1v) is 8.12. The predicted molar refractivity (Wildman–Crippen MR) is 89.7 cm³/mol. The van der Waals surface area contributed by atoms with Crippen molar-refractivity contribution in [1.82, 2.24) is 9.88 Å². The molecule has 1 unspecified atom stereocenters. The highest BCUT2D eigenvalue weighted by molar-refractivity contribution is 7.99. The number of aromatic nitrogens is 1. The number of hydrogen-bond acceptors (Lipinski definition) is 4. The lowest BCUT2D eigenvalue weighted by molar-refractivity contribution is -0.129. The van der Waals surface area contributed by atoms with Crippen LogP contribution in [-0.2, 0) is 4.79 Å². The molecule has 1 aliphatic rings. The minimum absolute atomic E-state index is 0.0772. The zero-order valence-corrected chi connectivity index (χ0v) is 13.8. The van der Waals surface area contributed by atoms with Crippen molar-refractivity contribution in [1.29, 1.82) is 0 Å². The van der Waals surface area contributed by atoms with Crippen LogP contribution in [0.2, 0.25) is 0 Å². The molecule has 1 atom stereocenters. The lowest BCUT2D eigenvalue weighted by Crippen LogP contribution is -2.41. The normalized spacial score (nSPS) is 14.0. The van der Waals surface area contributed by atoms with Gasteiger partial charge in [0.1, 0.15) is 5.82 Å². The summed E-state index contributed by atoms with van der Waals surface area (Å²) in [7, 11) is 1.84. The maximum absolute atomic E-state index is 11.6. The highest BCUT2D eigenvalue weighted by atomic mass is 32.2. The van der Waals surface area contributed by atoms with Gasteiger partial charge >= 0.3 is 0 Å². The second kappa shape index (κ2) is 6.01. The summed E-state index contributed by atoms with van der Waals surface area (Å²) in [6.07, 6.45) is 1.82. The molecule has 1 amide bonds. The number of benzene rings is 1. The standard InChI is InChI=1S/C17H19N3OS/c1-12(19(3)13(2)21)11-20-14-7-4-5-8-15(14)22-16-9-6-10-18-17(16)20/h4-10,12H,11H2,1-3H3. The number of anilines is 2. The molecule has 0 spiro atoms. The molecule has 2 heterocycles. The van der Waals surface area contributed by atoms with E-state index in [4.69, 9.17) is 0 Å². The maximum Gasteiger partial charge on any atom is 0.219 e. The first-order chi connectivity index (χ1) is 10.6. The van der Waals surface area contributed by atoms with E-state index in [9.17, 15) is 4.79 Å². The van der Waals surface area contributed by atoms with E-state index in [1.165, 1.54) is 4.90 Å². The number of amides is 1. The molecule has 1 aliphatic heterocycles. The Hall–Kier alpha value is -2.01. The van der Waals surface area contributed by atoms with Crippen molar-refractivity contribution in [2.24, 2.45) is 0 Å². The number of nitrogens with zero attached hydrogens (tertiary/aromatic N) is 3. The topological polar surface area (TPSA) is 36.4 Å². The molecule has 1 aromatic carbocycles. The molecule has 0 saturated heterocycles. The van der Waals surface area contributed by atoms with Crippen molar-refractivity contribution >= 4 is 29.2 Å². The van der Waals surface area contributed by atoms with Crippen LogP contribution in [0.4, 0.5) is 11.5 Å². The molecule has 0 saturated carbocycles. The molecule has 0 radical (unpaired) electrons. The largest absolute Gasteiger partial charge is 0.342 e. The molecule has 3 rings (SSSR count). The summed E-state index contributed by atoms with van der Waals surface area (Å²) in [4.78, 5) is 22.5. The van der Waals surface area contributed by atoms with Crippen LogP contribution < -0.4 is 4.90 Å². The fourth-order valence-corrected chi connectivity index (χ4v) is 3.61. The van der Waals surface area contributed by atoms with Crippen LogP contribution in [0.15, 0.2) is 52.4 Å². The van der Waals surface area contributed by atoms with Crippen LogP contribution in [-0.4, -0.2) is 35.4 Å². The van der Waals surface area contributed by atoms with Gasteiger partial charge in [-0.25, -0.2) is 4.98 Å². The van der Waals surface area contributed by atoms with Crippen molar-refractivity contribution < 1.29 is 4.79 Å². The minimum Gasteiger partial charge on any atom is -0.342 e. The minimum atomic E-state index is 0.0772. The lowest BCUT2D eigenvalue weighted by atomic mass is 10.2. The average Bonchev–Trinajstić information content (AvgIpc) is 2.53. The van der Waals surface area contributed by atoms with E-state index in [0.717, 1.165) is 22.9 Å². The highest BCUT2D eigenvalue weighted by Gasteiger charge is 2.26. The highest BCUT2D eigenvalue weighted by Crippen LogP contribution is 2.46. The van der Waals surface area contributed by atoms with Crippen molar-refractivity contribution in [2.75, 3.05) is 18.5 Å². The number of carbonyl (C=O) groups excluding carboxylic acids is 1. The smallest absolute Gasteiger partial charge is 0.219 e. The van der Waals surface area contributed by atoms with Gasteiger partial charge in [0.2, 0.25) is 5.91 Å². The average molecular weight is 313 g/mol. The zero-order valence-electron chi connectivity index (χ0n) is 13.0. The third-order valence-corrected chi connectivity index (χ3v) is 5.09. The fraction of sp³-hybridized carbons (Fsp3) is 0.294. The molecule has 1 aromatic heterocycles. The molecular weight excluding hydrogens is 294 g/mol. The number of rotatable bonds is 3. The molecule has 0 fully saturated rings. The van der Waals surface area contributed by atoms with Gasteiger partial charge in [0.25, 0.3) is 0 Å². The molecule has 4 nitrogen and oxygen atoms in total. The van der Waals surface area contributed by atoms with Gasteiger partial charge in [-0.1, -0.05) is 23.9 Å². The molecule has 0 N–H and O–H groups in total. The van der Waals surface area contributed by atoms with Crippen LogP contribution in [0.5, 0.6) is 0 Å². The zero-order chi connectivity index (χ0) is 15.7. The van der Waals surface area contributed by atoms with E-state index in [-0.39, 0.29) is 11.9 Å². The summed E-state index contributed by atoms with van der Waals surface area (Å²) in [5.41, 5.74) is 1.16. The second-order valence-electron chi connectivity index (χ2n) is 5.48. The lowest BCUT2D eigenvalue weighted by Gasteiger charge is -2.35. The maximum atomic E-state index is 11.6. The molecule has 2 aromatic rings. The van der Waals surface area contributed by atoms with E-state index in [2.05, 4.69) is 41.1 Å².